The van der Waals surface area contributed by atoms with Crippen molar-refractivity contribution in [3.8, 4) is 0 Å². The number of phosphoric ester groups is 1. The van der Waals surface area contributed by atoms with E-state index in [1.165, 1.54) is 302 Å². The van der Waals surface area contributed by atoms with Gasteiger partial charge in [0.05, 0.1) is 39.9 Å². The summed E-state index contributed by atoms with van der Waals surface area (Å²) in [6.07, 6.45) is 84.4. The van der Waals surface area contributed by atoms with Gasteiger partial charge in [-0.15, -0.1) is 0 Å². The van der Waals surface area contributed by atoms with Crippen molar-refractivity contribution >= 4 is 13.7 Å². The molecule has 0 radical (unpaired) electrons. The highest BCUT2D eigenvalue weighted by molar-refractivity contribution is 7.45. The van der Waals surface area contributed by atoms with E-state index in [0.29, 0.717) is 17.4 Å². The van der Waals surface area contributed by atoms with Crippen LogP contribution in [-0.2, 0) is 18.4 Å². The first-order valence-electron chi connectivity index (χ1n) is 35.9. The maximum absolute atomic E-state index is 13.0. The van der Waals surface area contributed by atoms with Crippen LogP contribution in [0.5, 0.6) is 0 Å². The van der Waals surface area contributed by atoms with Gasteiger partial charge in [0.2, 0.25) is 5.91 Å². The Labute approximate surface area is 506 Å². The monoisotopic (exact) mass is 1160 g/mol. The minimum atomic E-state index is -4.61. The van der Waals surface area contributed by atoms with Crippen LogP contribution in [0.15, 0.2) is 36.5 Å². The van der Waals surface area contributed by atoms with E-state index in [1.807, 2.05) is 27.2 Å². The highest BCUT2D eigenvalue weighted by Crippen LogP contribution is 2.38. The Morgan fingerprint density at radius 1 is 0.420 bits per heavy atom. The number of carbonyl (C=O) groups is 1. The van der Waals surface area contributed by atoms with Gasteiger partial charge in [-0.2, -0.15) is 0 Å². The number of amides is 1. The molecule has 0 saturated carbocycles. The molecule has 2 N–H and O–H groups in total. The second kappa shape index (κ2) is 63.2. The van der Waals surface area contributed by atoms with Gasteiger partial charge >= 0.3 is 0 Å². The van der Waals surface area contributed by atoms with Crippen molar-refractivity contribution in [1.29, 1.82) is 0 Å². The quantitative estimate of drug-likeness (QED) is 0.0272. The molecule has 1 amide bonds. The third-order valence-electron chi connectivity index (χ3n) is 16.6. The molecule has 9 heteroatoms. The number of aliphatic hydroxyl groups is 1. The second-order valence-electron chi connectivity index (χ2n) is 25.9. The number of unbranched alkanes of at least 4 members (excludes halogenated alkanes) is 50. The van der Waals surface area contributed by atoms with Crippen molar-refractivity contribution in [2.45, 2.75) is 379 Å². The predicted octanol–water partition coefficient (Wildman–Crippen LogP) is 22.2. The molecule has 3 atom stereocenters. The molecule has 0 aromatic heterocycles. The first kappa shape index (κ1) is 79.7. The number of quaternary nitrogens is 1. The lowest BCUT2D eigenvalue weighted by atomic mass is 10.0. The van der Waals surface area contributed by atoms with Gasteiger partial charge in [0.15, 0.2) is 0 Å². The van der Waals surface area contributed by atoms with Gasteiger partial charge < -0.3 is 28.8 Å². The standard InChI is InChI=1S/C72H141N2O6P/c1-6-8-10-12-14-16-18-20-22-24-26-28-29-30-31-32-33-34-35-36-37-38-39-40-41-42-43-44-46-48-50-52-54-56-58-60-62-64-66-72(76)73-70(69-80-81(77,78)79-68-67-74(3,4)5)71(75)65-63-61-59-57-55-53-51-49-47-45-27-25-23-21-19-17-15-13-11-9-7-2/h47,49,55,57,63,65,70-71,75H,6-46,48,50-54,56,58-62,64,66-69H2,1-5H3,(H-,73,76,77,78)/b49-47+,57-55+,65-63+. The Morgan fingerprint density at radius 3 is 1.00 bits per heavy atom. The molecule has 0 aliphatic carbocycles. The minimum absolute atomic E-state index is 0.00716. The number of allylic oxidation sites excluding steroid dienone is 5. The molecule has 0 rings (SSSR count). The first-order valence-corrected chi connectivity index (χ1v) is 37.3. The Hall–Kier alpha value is -1.28. The third-order valence-corrected chi connectivity index (χ3v) is 17.5. The number of aliphatic hydroxyl groups excluding tert-OH is 1. The Balaban J connectivity index is 3.96. The first-order chi connectivity index (χ1) is 39.5. The van der Waals surface area contributed by atoms with Gasteiger partial charge in [-0.1, -0.05) is 352 Å². The topological polar surface area (TPSA) is 108 Å². The molecule has 0 aromatic rings. The maximum Gasteiger partial charge on any atom is 0.268 e. The molecule has 0 aromatic carbocycles. The summed E-state index contributed by atoms with van der Waals surface area (Å²) in [5, 5.41) is 13.9. The fourth-order valence-corrected chi connectivity index (χ4v) is 11.7. The molecule has 0 saturated heterocycles. The molecule has 81 heavy (non-hydrogen) atoms. The average Bonchev–Trinajstić information content (AvgIpc) is 3.43. The average molecular weight is 1160 g/mol. The van der Waals surface area contributed by atoms with E-state index in [4.69, 9.17) is 9.05 Å². The van der Waals surface area contributed by atoms with Crippen LogP contribution in [-0.4, -0.2) is 68.5 Å². The van der Waals surface area contributed by atoms with Crippen LogP contribution < -0.4 is 10.2 Å². The summed E-state index contributed by atoms with van der Waals surface area (Å²) in [7, 11) is 1.25. The molecule has 480 valence electrons. The van der Waals surface area contributed by atoms with E-state index in [9.17, 15) is 19.4 Å². The number of nitrogens with zero attached hydrogens (tertiary/aromatic N) is 1. The van der Waals surface area contributed by atoms with E-state index >= 15 is 0 Å². The van der Waals surface area contributed by atoms with Crippen LogP contribution in [0.25, 0.3) is 0 Å². The molecule has 0 aliphatic rings. The largest absolute Gasteiger partial charge is 0.756 e. The number of hydrogen-bond donors (Lipinski definition) is 2. The summed E-state index contributed by atoms with van der Waals surface area (Å²) >= 11 is 0. The Morgan fingerprint density at radius 2 is 0.691 bits per heavy atom. The summed E-state index contributed by atoms with van der Waals surface area (Å²) in [5.41, 5.74) is 0. The molecule has 0 aliphatic heterocycles. The van der Waals surface area contributed by atoms with Crippen LogP contribution >= 0.6 is 7.82 Å². The third kappa shape index (κ3) is 66.1. The smallest absolute Gasteiger partial charge is 0.268 e. The van der Waals surface area contributed by atoms with Crippen molar-refractivity contribution in [3.05, 3.63) is 36.5 Å². The van der Waals surface area contributed by atoms with Crippen molar-refractivity contribution in [2.75, 3.05) is 40.9 Å². The summed E-state index contributed by atoms with van der Waals surface area (Å²) in [6, 6.07) is -0.909. The lowest BCUT2D eigenvalue weighted by Gasteiger charge is -2.29. The predicted molar refractivity (Wildman–Crippen MR) is 353 cm³/mol. The van der Waals surface area contributed by atoms with Crippen LogP contribution in [0.4, 0.5) is 0 Å². The van der Waals surface area contributed by atoms with Gasteiger partial charge in [-0.25, -0.2) is 0 Å². The molecule has 0 fully saturated rings. The van der Waals surface area contributed by atoms with Crippen molar-refractivity contribution < 1.29 is 32.9 Å². The van der Waals surface area contributed by atoms with Crippen LogP contribution in [0, 0.1) is 0 Å². The van der Waals surface area contributed by atoms with E-state index in [0.717, 1.165) is 44.9 Å². The van der Waals surface area contributed by atoms with E-state index in [2.05, 4.69) is 43.5 Å². The number of carbonyl (C=O) groups excluding carboxylic acids is 1. The van der Waals surface area contributed by atoms with Gasteiger partial charge in [-0.05, 0) is 44.9 Å². The lowest BCUT2D eigenvalue weighted by molar-refractivity contribution is -0.870. The van der Waals surface area contributed by atoms with E-state index in [1.54, 1.807) is 6.08 Å². The Bertz CT molecular complexity index is 1410. The highest BCUT2D eigenvalue weighted by Gasteiger charge is 2.23. The number of likely N-dealkylation sites (N-methyl/N-ethyl adjacent to an activating group) is 1. The van der Waals surface area contributed by atoms with Gasteiger partial charge in [0.25, 0.3) is 7.82 Å². The zero-order valence-corrected chi connectivity index (χ0v) is 55.9. The highest BCUT2D eigenvalue weighted by atomic mass is 31.2. The van der Waals surface area contributed by atoms with Gasteiger partial charge in [-0.3, -0.25) is 9.36 Å². The van der Waals surface area contributed by atoms with Crippen LogP contribution in [0.3, 0.4) is 0 Å². The molecule has 3 unspecified atom stereocenters. The number of hydrogen-bond acceptors (Lipinski definition) is 6. The maximum atomic E-state index is 13.0. The van der Waals surface area contributed by atoms with Crippen molar-refractivity contribution in [2.24, 2.45) is 0 Å². The van der Waals surface area contributed by atoms with Crippen LogP contribution in [0.2, 0.25) is 0 Å². The minimum Gasteiger partial charge on any atom is -0.756 e. The summed E-state index contributed by atoms with van der Waals surface area (Å²) < 4.78 is 23.4. The van der Waals surface area contributed by atoms with Crippen molar-refractivity contribution in [3.63, 3.8) is 0 Å². The number of rotatable bonds is 67. The fourth-order valence-electron chi connectivity index (χ4n) is 11.0. The molecule has 0 spiro atoms. The van der Waals surface area contributed by atoms with Crippen molar-refractivity contribution in [1.82, 2.24) is 5.32 Å². The molecule has 0 bridgehead atoms. The Kier molecular flexibility index (Phi) is 62.2. The van der Waals surface area contributed by atoms with Gasteiger partial charge in [0.1, 0.15) is 13.2 Å². The summed E-state index contributed by atoms with van der Waals surface area (Å²) in [4.78, 5) is 25.6. The second-order valence-corrected chi connectivity index (χ2v) is 27.3. The number of nitrogens with one attached hydrogen (secondary N) is 1. The number of phosphoric acid groups is 1. The fraction of sp³-hybridized carbons (Fsp3) is 0.903. The molecular weight excluding hydrogens is 1020 g/mol. The van der Waals surface area contributed by atoms with Gasteiger partial charge in [0, 0.05) is 6.42 Å². The van der Waals surface area contributed by atoms with E-state index < -0.39 is 26.6 Å². The molecule has 0 heterocycles. The zero-order chi connectivity index (χ0) is 59.1. The SMILES string of the molecule is CCCCCCCCCCCCC/C=C/CC/C=C/CC/C=C/C(O)C(COP(=O)([O-])OCC[N+](C)(C)C)NC(=O)CCCCCCCCCCCCCCCCCCCCCCCCCCCCCCCCCCCCCCCC. The summed E-state index contributed by atoms with van der Waals surface area (Å²) in [5.74, 6) is -0.204. The zero-order valence-electron chi connectivity index (χ0n) is 55.0. The normalized spacial score (nSPS) is 13.8. The lowest BCUT2D eigenvalue weighted by Crippen LogP contribution is -2.45. The molecule has 8 nitrogen and oxygen atoms in total. The molecular formula is C72H141N2O6P. The summed E-state index contributed by atoms with van der Waals surface area (Å²) in [6.45, 7) is 4.67. The van der Waals surface area contributed by atoms with E-state index in [-0.39, 0.29) is 12.5 Å². The van der Waals surface area contributed by atoms with Crippen LogP contribution in [0.1, 0.15) is 367 Å².